The highest BCUT2D eigenvalue weighted by Crippen LogP contribution is 2.25. The average Bonchev–Trinajstić information content (AvgIpc) is 2.73. The van der Waals surface area contributed by atoms with Crippen molar-refractivity contribution in [1.29, 1.82) is 0 Å². The Labute approximate surface area is 103 Å². The van der Waals surface area contributed by atoms with Crippen molar-refractivity contribution in [3.8, 4) is 5.75 Å². The minimum atomic E-state index is -2.51. The number of rotatable bonds is 4. The Morgan fingerprint density at radius 2 is 2.17 bits per heavy atom. The molecule has 0 aromatic carbocycles. The smallest absolute Gasteiger partial charge is 0.272 e. The lowest BCUT2D eigenvalue weighted by atomic mass is 10.1. The van der Waals surface area contributed by atoms with E-state index in [1.165, 1.54) is 0 Å². The quantitative estimate of drug-likeness (QED) is 0.830. The Hall–Kier alpha value is -1.69. The third-order valence-electron chi connectivity index (χ3n) is 2.96. The number of likely N-dealkylation sites (tertiary alicyclic amines) is 1. The van der Waals surface area contributed by atoms with Crippen LogP contribution in [0.3, 0.4) is 0 Å². The molecule has 3 rings (SSSR count). The maximum atomic E-state index is 12.6. The van der Waals surface area contributed by atoms with Gasteiger partial charge >= 0.3 is 0 Å². The molecule has 0 amide bonds. The lowest BCUT2D eigenvalue weighted by Crippen LogP contribution is -2.56. The second-order valence-electron chi connectivity index (χ2n) is 4.47. The van der Waals surface area contributed by atoms with Crippen molar-refractivity contribution in [3.63, 3.8) is 0 Å². The van der Waals surface area contributed by atoms with Crippen LogP contribution < -0.4 is 4.74 Å². The molecule has 18 heavy (non-hydrogen) atoms. The van der Waals surface area contributed by atoms with Gasteiger partial charge in [-0.3, -0.25) is 4.90 Å². The van der Waals surface area contributed by atoms with Gasteiger partial charge < -0.3 is 9.14 Å². The van der Waals surface area contributed by atoms with E-state index in [0.29, 0.717) is 18.9 Å². The van der Waals surface area contributed by atoms with E-state index in [0.717, 1.165) is 5.65 Å². The molecule has 96 valence electrons. The molecule has 2 aromatic heterocycles. The molecule has 0 spiro atoms. The molecule has 3 heterocycles. The van der Waals surface area contributed by atoms with Crippen LogP contribution in [0.4, 0.5) is 8.78 Å². The highest BCUT2D eigenvalue weighted by atomic mass is 19.3. The van der Waals surface area contributed by atoms with Crippen LogP contribution in [0.1, 0.15) is 0 Å². The monoisotopic (exact) mass is 253 g/mol. The molecule has 0 saturated carbocycles. The molecular weight excluding hydrogens is 240 g/mol. The van der Waals surface area contributed by atoms with Crippen molar-refractivity contribution in [2.45, 2.75) is 5.92 Å². The van der Waals surface area contributed by atoms with Gasteiger partial charge in [0.2, 0.25) is 0 Å². The van der Waals surface area contributed by atoms with Crippen LogP contribution in [0.2, 0.25) is 0 Å². The number of aromatic nitrogens is 2. The van der Waals surface area contributed by atoms with E-state index in [4.69, 9.17) is 4.74 Å². The fraction of sp³-hybridized carbons (Fsp3) is 0.417. The summed E-state index contributed by atoms with van der Waals surface area (Å²) in [5.41, 5.74) is 0.808. The number of imidazole rings is 1. The Morgan fingerprint density at radius 3 is 2.94 bits per heavy atom. The van der Waals surface area contributed by atoms with Crippen molar-refractivity contribution in [1.82, 2.24) is 14.3 Å². The summed E-state index contributed by atoms with van der Waals surface area (Å²) in [7, 11) is 0. The number of nitrogens with zero attached hydrogens (tertiary/aromatic N) is 3. The first-order valence-corrected chi connectivity index (χ1v) is 5.78. The lowest BCUT2D eigenvalue weighted by molar-refractivity contribution is -0.132. The van der Waals surface area contributed by atoms with Crippen molar-refractivity contribution in [2.75, 3.05) is 26.2 Å². The average molecular weight is 253 g/mol. The van der Waals surface area contributed by atoms with E-state index in [1.54, 1.807) is 11.1 Å². The number of hydrogen-bond donors (Lipinski definition) is 0. The minimum absolute atomic E-state index is 0.157. The molecule has 2 aromatic rings. The van der Waals surface area contributed by atoms with Crippen molar-refractivity contribution in [3.05, 3.63) is 30.7 Å². The zero-order valence-corrected chi connectivity index (χ0v) is 9.72. The maximum Gasteiger partial charge on any atom is 0.272 e. The van der Waals surface area contributed by atoms with Crippen LogP contribution in [-0.2, 0) is 0 Å². The number of alkyl halides is 2. The second kappa shape index (κ2) is 4.20. The highest BCUT2D eigenvalue weighted by Gasteiger charge is 2.43. The number of hydrogen-bond acceptors (Lipinski definition) is 3. The molecular formula is C12H13F2N3O. The summed E-state index contributed by atoms with van der Waals surface area (Å²) in [6.45, 7) is 0.619. The van der Waals surface area contributed by atoms with Gasteiger partial charge in [0, 0.05) is 31.2 Å². The molecule has 1 saturated heterocycles. The van der Waals surface area contributed by atoms with E-state index >= 15 is 0 Å². The van der Waals surface area contributed by atoms with Crippen LogP contribution in [0, 0.1) is 0 Å². The molecule has 1 fully saturated rings. The van der Waals surface area contributed by atoms with Gasteiger partial charge in [-0.1, -0.05) is 0 Å². The largest absolute Gasteiger partial charge is 0.492 e. The van der Waals surface area contributed by atoms with E-state index in [2.05, 4.69) is 4.98 Å². The summed E-state index contributed by atoms with van der Waals surface area (Å²) < 4.78 is 32.6. The fourth-order valence-corrected chi connectivity index (χ4v) is 2.04. The van der Waals surface area contributed by atoms with Gasteiger partial charge in [0.05, 0.1) is 13.1 Å². The standard InChI is InChI=1S/C12H13F2N3O/c13-12(14)8-16(9-12)5-6-18-10-1-3-17-4-2-15-11(17)7-10/h1-4,7H,5-6,8-9H2. The first-order valence-electron chi connectivity index (χ1n) is 5.78. The van der Waals surface area contributed by atoms with Gasteiger partial charge in [-0.2, -0.15) is 0 Å². The molecule has 0 N–H and O–H groups in total. The number of ether oxygens (including phenoxy) is 1. The number of pyridine rings is 1. The Kier molecular flexibility index (Phi) is 2.66. The molecule has 0 bridgehead atoms. The molecule has 0 unspecified atom stereocenters. The van der Waals surface area contributed by atoms with Crippen LogP contribution >= 0.6 is 0 Å². The molecule has 6 heteroatoms. The van der Waals surface area contributed by atoms with Crippen LogP contribution in [0.15, 0.2) is 30.7 Å². The second-order valence-corrected chi connectivity index (χ2v) is 4.47. The molecule has 4 nitrogen and oxygen atoms in total. The zero-order chi connectivity index (χ0) is 12.6. The molecule has 0 aliphatic carbocycles. The predicted molar refractivity (Wildman–Crippen MR) is 62.1 cm³/mol. The Balaban J connectivity index is 1.51. The summed E-state index contributed by atoms with van der Waals surface area (Å²) >= 11 is 0. The zero-order valence-electron chi connectivity index (χ0n) is 9.72. The van der Waals surface area contributed by atoms with Crippen molar-refractivity contribution >= 4 is 5.65 Å². The summed E-state index contributed by atoms with van der Waals surface area (Å²) in [6, 6.07) is 3.66. The topological polar surface area (TPSA) is 29.8 Å². The van der Waals surface area contributed by atoms with Gasteiger partial charge in [0.15, 0.2) is 0 Å². The van der Waals surface area contributed by atoms with Gasteiger partial charge in [0.25, 0.3) is 5.92 Å². The Bertz CT molecular complexity index is 547. The summed E-state index contributed by atoms with van der Waals surface area (Å²) in [4.78, 5) is 5.82. The van der Waals surface area contributed by atoms with E-state index in [-0.39, 0.29) is 13.1 Å². The van der Waals surface area contributed by atoms with Crippen LogP contribution in [0.5, 0.6) is 5.75 Å². The normalized spacial score (nSPS) is 18.8. The molecule has 1 aliphatic heterocycles. The van der Waals surface area contributed by atoms with Crippen molar-refractivity contribution in [2.24, 2.45) is 0 Å². The van der Waals surface area contributed by atoms with Crippen LogP contribution in [-0.4, -0.2) is 46.4 Å². The molecule has 1 aliphatic rings. The highest BCUT2D eigenvalue weighted by molar-refractivity contribution is 5.43. The summed E-state index contributed by atoms with van der Waals surface area (Å²) in [5.74, 6) is -1.80. The fourth-order valence-electron chi connectivity index (χ4n) is 2.04. The van der Waals surface area contributed by atoms with Crippen LogP contribution in [0.25, 0.3) is 5.65 Å². The van der Waals surface area contributed by atoms with E-state index in [1.807, 2.05) is 28.9 Å². The molecule has 0 atom stereocenters. The summed E-state index contributed by atoms with van der Waals surface area (Å²) in [6.07, 6.45) is 5.41. The lowest BCUT2D eigenvalue weighted by Gasteiger charge is -2.38. The van der Waals surface area contributed by atoms with Gasteiger partial charge in [-0.15, -0.1) is 0 Å². The third kappa shape index (κ3) is 2.28. The van der Waals surface area contributed by atoms with E-state index < -0.39 is 5.92 Å². The molecule has 0 radical (unpaired) electrons. The first kappa shape index (κ1) is 11.4. The number of halogens is 2. The third-order valence-corrected chi connectivity index (χ3v) is 2.96. The number of fused-ring (bicyclic) bond motifs is 1. The summed E-state index contributed by atoms with van der Waals surface area (Å²) in [5, 5.41) is 0. The van der Waals surface area contributed by atoms with Gasteiger partial charge in [0.1, 0.15) is 18.0 Å². The van der Waals surface area contributed by atoms with Crippen molar-refractivity contribution < 1.29 is 13.5 Å². The minimum Gasteiger partial charge on any atom is -0.492 e. The Morgan fingerprint density at radius 1 is 1.33 bits per heavy atom. The SMILES string of the molecule is FC1(F)CN(CCOc2ccn3ccnc3c2)C1. The maximum absolute atomic E-state index is 12.6. The first-order chi connectivity index (χ1) is 8.62. The van der Waals surface area contributed by atoms with E-state index in [9.17, 15) is 8.78 Å². The van der Waals surface area contributed by atoms with Gasteiger partial charge in [-0.05, 0) is 6.07 Å². The predicted octanol–water partition coefficient (Wildman–Crippen LogP) is 1.66. The van der Waals surface area contributed by atoms with Gasteiger partial charge in [-0.25, -0.2) is 13.8 Å².